The van der Waals surface area contributed by atoms with Gasteiger partial charge in [0, 0.05) is 17.0 Å². The highest BCUT2D eigenvalue weighted by molar-refractivity contribution is 7.89. The van der Waals surface area contributed by atoms with Gasteiger partial charge < -0.3 is 0 Å². The maximum absolute atomic E-state index is 12.9. The molecule has 0 saturated heterocycles. The Morgan fingerprint density at radius 3 is 2.54 bits per heavy atom. The van der Waals surface area contributed by atoms with E-state index in [1.165, 1.54) is 17.7 Å². The van der Waals surface area contributed by atoms with Gasteiger partial charge in [-0.1, -0.05) is 23.8 Å². The Labute approximate surface area is 156 Å². The van der Waals surface area contributed by atoms with Crippen molar-refractivity contribution in [2.24, 2.45) is 0 Å². The van der Waals surface area contributed by atoms with Crippen molar-refractivity contribution in [3.63, 3.8) is 0 Å². The average Bonchev–Trinajstić information content (AvgIpc) is 2.96. The van der Waals surface area contributed by atoms with Crippen molar-refractivity contribution in [1.29, 1.82) is 0 Å². The highest BCUT2D eigenvalue weighted by Gasteiger charge is 2.15. The van der Waals surface area contributed by atoms with E-state index in [2.05, 4.69) is 15.8 Å². The SMILES string of the molecule is Cc1cccc(-c2nc(C)c(CCNS(=O)(=O)c3ccc(F)cc3)s2)c1. The molecule has 1 N–H and O–H groups in total. The summed E-state index contributed by atoms with van der Waals surface area (Å²) in [5.41, 5.74) is 3.15. The molecular formula is C19H19FN2O2S2. The second-order valence-electron chi connectivity index (χ2n) is 6.00. The lowest BCUT2D eigenvalue weighted by Crippen LogP contribution is -2.25. The van der Waals surface area contributed by atoms with Crippen molar-refractivity contribution in [3.8, 4) is 10.6 Å². The number of aromatic nitrogens is 1. The number of nitrogens with zero attached hydrogens (tertiary/aromatic N) is 1. The van der Waals surface area contributed by atoms with Gasteiger partial charge in [-0.3, -0.25) is 0 Å². The molecule has 0 unspecified atom stereocenters. The number of hydrogen-bond acceptors (Lipinski definition) is 4. The smallest absolute Gasteiger partial charge is 0.240 e. The molecule has 4 nitrogen and oxygen atoms in total. The average molecular weight is 391 g/mol. The molecule has 3 aromatic rings. The van der Waals surface area contributed by atoms with E-state index in [4.69, 9.17) is 0 Å². The molecule has 2 aromatic carbocycles. The van der Waals surface area contributed by atoms with E-state index in [0.29, 0.717) is 6.42 Å². The van der Waals surface area contributed by atoms with Crippen LogP contribution in [0.15, 0.2) is 53.4 Å². The van der Waals surface area contributed by atoms with Crippen LogP contribution in [0.1, 0.15) is 16.1 Å². The number of aryl methyl sites for hydroxylation is 2. The molecular weight excluding hydrogens is 371 g/mol. The predicted octanol–water partition coefficient (Wildman–Crippen LogP) is 4.09. The highest BCUT2D eigenvalue weighted by atomic mass is 32.2. The molecule has 136 valence electrons. The fourth-order valence-electron chi connectivity index (χ4n) is 2.56. The summed E-state index contributed by atoms with van der Waals surface area (Å²) in [5, 5.41) is 0.933. The van der Waals surface area contributed by atoms with Crippen molar-refractivity contribution in [2.45, 2.75) is 25.2 Å². The van der Waals surface area contributed by atoms with E-state index < -0.39 is 15.8 Å². The minimum Gasteiger partial charge on any atom is -0.241 e. The van der Waals surface area contributed by atoms with Gasteiger partial charge in [0.15, 0.2) is 0 Å². The Morgan fingerprint density at radius 1 is 1.12 bits per heavy atom. The van der Waals surface area contributed by atoms with E-state index >= 15 is 0 Å². The molecule has 0 spiro atoms. The summed E-state index contributed by atoms with van der Waals surface area (Å²) >= 11 is 1.57. The van der Waals surface area contributed by atoms with Crippen molar-refractivity contribution >= 4 is 21.4 Å². The Bertz CT molecular complexity index is 1010. The van der Waals surface area contributed by atoms with Gasteiger partial charge in [0.2, 0.25) is 10.0 Å². The fraction of sp³-hybridized carbons (Fsp3) is 0.211. The summed E-state index contributed by atoms with van der Waals surface area (Å²) in [6.07, 6.45) is 0.551. The maximum atomic E-state index is 12.9. The molecule has 0 radical (unpaired) electrons. The van der Waals surface area contributed by atoms with Crippen molar-refractivity contribution in [2.75, 3.05) is 6.54 Å². The van der Waals surface area contributed by atoms with Gasteiger partial charge in [0.25, 0.3) is 0 Å². The van der Waals surface area contributed by atoms with E-state index in [9.17, 15) is 12.8 Å². The van der Waals surface area contributed by atoms with Gasteiger partial charge >= 0.3 is 0 Å². The first-order chi connectivity index (χ1) is 12.3. The standard InChI is InChI=1S/C19H19FN2O2S2/c1-13-4-3-5-15(12-13)19-22-14(2)18(25-19)10-11-21-26(23,24)17-8-6-16(20)7-9-17/h3-9,12,21H,10-11H2,1-2H3. The molecule has 7 heteroatoms. The molecule has 0 bridgehead atoms. The Hall–Kier alpha value is -2.09. The number of halogens is 1. The molecule has 0 fully saturated rings. The number of sulfonamides is 1. The lowest BCUT2D eigenvalue weighted by atomic mass is 10.1. The van der Waals surface area contributed by atoms with Crippen LogP contribution < -0.4 is 4.72 Å². The molecule has 3 rings (SSSR count). The zero-order chi connectivity index (χ0) is 18.7. The van der Waals surface area contributed by atoms with Gasteiger partial charge in [0.05, 0.1) is 10.6 Å². The van der Waals surface area contributed by atoms with Crippen LogP contribution in [-0.2, 0) is 16.4 Å². The zero-order valence-corrected chi connectivity index (χ0v) is 16.1. The van der Waals surface area contributed by atoms with Gasteiger partial charge in [-0.05, 0) is 50.6 Å². The number of benzene rings is 2. The minimum absolute atomic E-state index is 0.0559. The normalized spacial score (nSPS) is 11.7. The van der Waals surface area contributed by atoms with Crippen molar-refractivity contribution < 1.29 is 12.8 Å². The second kappa shape index (κ2) is 7.65. The Kier molecular flexibility index (Phi) is 5.50. The van der Waals surface area contributed by atoms with E-state index in [1.807, 2.05) is 32.0 Å². The third-order valence-corrected chi connectivity index (χ3v) is 6.67. The Morgan fingerprint density at radius 2 is 1.85 bits per heavy atom. The molecule has 0 aliphatic rings. The monoisotopic (exact) mass is 390 g/mol. The van der Waals surface area contributed by atoms with Crippen molar-refractivity contribution in [3.05, 3.63) is 70.5 Å². The van der Waals surface area contributed by atoms with Crippen LogP contribution in [0.4, 0.5) is 4.39 Å². The largest absolute Gasteiger partial charge is 0.241 e. The van der Waals surface area contributed by atoms with Crippen LogP contribution in [0.3, 0.4) is 0 Å². The first-order valence-corrected chi connectivity index (χ1v) is 10.4. The number of hydrogen-bond donors (Lipinski definition) is 1. The third-order valence-electron chi connectivity index (χ3n) is 3.93. The minimum atomic E-state index is -3.64. The van der Waals surface area contributed by atoms with Gasteiger partial charge in [-0.15, -0.1) is 11.3 Å². The summed E-state index contributed by atoms with van der Waals surface area (Å²) in [5.74, 6) is -0.465. The lowest BCUT2D eigenvalue weighted by Gasteiger charge is -2.06. The molecule has 0 aliphatic carbocycles. The van der Waals surface area contributed by atoms with Gasteiger partial charge in [-0.25, -0.2) is 22.5 Å². The topological polar surface area (TPSA) is 59.1 Å². The lowest BCUT2D eigenvalue weighted by molar-refractivity contribution is 0.581. The molecule has 0 amide bonds. The second-order valence-corrected chi connectivity index (χ2v) is 8.85. The molecule has 26 heavy (non-hydrogen) atoms. The maximum Gasteiger partial charge on any atom is 0.240 e. The molecule has 0 aliphatic heterocycles. The zero-order valence-electron chi connectivity index (χ0n) is 14.5. The van der Waals surface area contributed by atoms with E-state index in [0.717, 1.165) is 33.3 Å². The van der Waals surface area contributed by atoms with Gasteiger partial charge in [0.1, 0.15) is 10.8 Å². The number of rotatable bonds is 6. The van der Waals surface area contributed by atoms with Crippen LogP contribution in [0.5, 0.6) is 0 Å². The summed E-state index contributed by atoms with van der Waals surface area (Å²) in [4.78, 5) is 5.71. The molecule has 0 atom stereocenters. The van der Waals surface area contributed by atoms with Crippen LogP contribution in [0.2, 0.25) is 0 Å². The number of nitrogens with one attached hydrogen (secondary N) is 1. The first kappa shape index (κ1) is 18.7. The number of thiazole rings is 1. The molecule has 1 heterocycles. The summed E-state index contributed by atoms with van der Waals surface area (Å²) in [7, 11) is -3.64. The van der Waals surface area contributed by atoms with E-state index in [1.54, 1.807) is 11.3 Å². The van der Waals surface area contributed by atoms with E-state index in [-0.39, 0.29) is 11.4 Å². The van der Waals surface area contributed by atoms with Crippen molar-refractivity contribution in [1.82, 2.24) is 9.71 Å². The van der Waals surface area contributed by atoms with Crippen LogP contribution in [0.25, 0.3) is 10.6 Å². The predicted molar refractivity (Wildman–Crippen MR) is 102 cm³/mol. The summed E-state index contributed by atoms with van der Waals surface area (Å²) in [6.45, 7) is 4.23. The summed E-state index contributed by atoms with van der Waals surface area (Å²) in [6, 6.07) is 12.9. The van der Waals surface area contributed by atoms with Crippen LogP contribution >= 0.6 is 11.3 Å². The third kappa shape index (κ3) is 4.35. The molecule has 0 saturated carbocycles. The van der Waals surface area contributed by atoms with Gasteiger partial charge in [-0.2, -0.15) is 0 Å². The summed E-state index contributed by atoms with van der Waals surface area (Å²) < 4.78 is 40.0. The van der Waals surface area contributed by atoms with Crippen LogP contribution in [-0.4, -0.2) is 19.9 Å². The first-order valence-electron chi connectivity index (χ1n) is 8.14. The van der Waals surface area contributed by atoms with Crippen LogP contribution in [0, 0.1) is 19.7 Å². The Balaban J connectivity index is 1.68. The molecule has 1 aromatic heterocycles. The fourth-order valence-corrected chi connectivity index (χ4v) is 4.65. The quantitative estimate of drug-likeness (QED) is 0.690. The highest BCUT2D eigenvalue weighted by Crippen LogP contribution is 2.28.